The lowest BCUT2D eigenvalue weighted by molar-refractivity contribution is 0.506. The molecule has 0 aliphatic heterocycles. The molecule has 0 aliphatic rings. The maximum atomic E-state index is 14.1. The minimum absolute atomic E-state index is 0.0963. The Morgan fingerprint density at radius 2 is 1.84 bits per heavy atom. The molecule has 0 heterocycles. The maximum Gasteiger partial charge on any atom is 0.145 e. The normalized spacial score (nSPS) is 12.5. The van der Waals surface area contributed by atoms with Gasteiger partial charge in [-0.2, -0.15) is 0 Å². The molecule has 19 heavy (non-hydrogen) atoms. The van der Waals surface area contributed by atoms with E-state index in [0.29, 0.717) is 0 Å². The van der Waals surface area contributed by atoms with Crippen molar-refractivity contribution in [1.29, 1.82) is 0 Å². The number of hydrogen-bond acceptors (Lipinski definition) is 2. The second-order valence-corrected chi connectivity index (χ2v) is 5.89. The predicted octanol–water partition coefficient (Wildman–Crippen LogP) is 3.88. The Bertz CT molecular complexity index is 607. The fourth-order valence-electron chi connectivity index (χ4n) is 1.85. The van der Waals surface area contributed by atoms with Gasteiger partial charge in [-0.15, -0.1) is 0 Å². The van der Waals surface area contributed by atoms with Gasteiger partial charge in [0.1, 0.15) is 11.6 Å². The van der Waals surface area contributed by atoms with Crippen LogP contribution in [0.2, 0.25) is 0 Å². The van der Waals surface area contributed by atoms with Crippen LogP contribution >= 0.6 is 38.5 Å². The molecule has 6 heteroatoms. The highest BCUT2D eigenvalue weighted by atomic mass is 127. The second-order valence-electron chi connectivity index (χ2n) is 3.88. The van der Waals surface area contributed by atoms with E-state index in [9.17, 15) is 8.78 Å². The van der Waals surface area contributed by atoms with Crippen molar-refractivity contribution in [2.24, 2.45) is 5.84 Å². The summed E-state index contributed by atoms with van der Waals surface area (Å²) in [4.78, 5) is 0. The average Bonchev–Trinajstić information content (AvgIpc) is 2.40. The highest BCUT2D eigenvalue weighted by Crippen LogP contribution is 2.32. The number of nitrogens with one attached hydrogen (secondary N) is 1. The van der Waals surface area contributed by atoms with Crippen LogP contribution in [0.4, 0.5) is 8.78 Å². The summed E-state index contributed by atoms with van der Waals surface area (Å²) in [5, 5.41) is 0. The van der Waals surface area contributed by atoms with Crippen molar-refractivity contribution >= 4 is 38.5 Å². The molecule has 0 saturated heterocycles. The number of benzene rings is 2. The van der Waals surface area contributed by atoms with E-state index < -0.39 is 17.7 Å². The van der Waals surface area contributed by atoms with Gasteiger partial charge >= 0.3 is 0 Å². The zero-order chi connectivity index (χ0) is 14.0. The molecule has 2 rings (SSSR count). The van der Waals surface area contributed by atoms with Gasteiger partial charge in [-0.1, -0.05) is 18.2 Å². The van der Waals surface area contributed by atoms with Crippen LogP contribution in [-0.2, 0) is 0 Å². The summed E-state index contributed by atoms with van der Waals surface area (Å²) in [6, 6.07) is 9.09. The smallest absolute Gasteiger partial charge is 0.145 e. The summed E-state index contributed by atoms with van der Waals surface area (Å²) < 4.78 is 29.1. The standard InChI is InChI=1S/C13H10BrF2IN2/c14-8-5-6-9(15)11(12(8)16)13(19-18)7-3-1-2-4-10(7)17/h1-6,13,19H,18H2. The summed E-state index contributed by atoms with van der Waals surface area (Å²) in [6.07, 6.45) is 0. The highest BCUT2D eigenvalue weighted by Gasteiger charge is 2.24. The molecule has 1 atom stereocenters. The monoisotopic (exact) mass is 438 g/mol. The Balaban J connectivity index is 2.61. The molecule has 0 aromatic heterocycles. The first-order chi connectivity index (χ1) is 9.06. The van der Waals surface area contributed by atoms with Gasteiger partial charge in [-0.3, -0.25) is 5.84 Å². The second kappa shape index (κ2) is 6.25. The average molecular weight is 439 g/mol. The SMILES string of the molecule is NNC(c1ccccc1I)c1c(F)ccc(Br)c1F. The predicted molar refractivity (Wildman–Crippen MR) is 82.4 cm³/mol. The van der Waals surface area contributed by atoms with Gasteiger partial charge in [-0.25, -0.2) is 14.2 Å². The first kappa shape index (κ1) is 14.8. The largest absolute Gasteiger partial charge is 0.271 e. The topological polar surface area (TPSA) is 38.0 Å². The Kier molecular flexibility index (Phi) is 4.88. The Morgan fingerprint density at radius 3 is 2.47 bits per heavy atom. The Hall–Kier alpha value is -0.570. The highest BCUT2D eigenvalue weighted by molar-refractivity contribution is 14.1. The Morgan fingerprint density at radius 1 is 1.16 bits per heavy atom. The summed E-state index contributed by atoms with van der Waals surface area (Å²) in [5.41, 5.74) is 3.11. The third-order valence-electron chi connectivity index (χ3n) is 2.75. The number of rotatable bonds is 3. The first-order valence-electron chi connectivity index (χ1n) is 5.40. The van der Waals surface area contributed by atoms with Gasteiger partial charge in [0.15, 0.2) is 0 Å². The van der Waals surface area contributed by atoms with Crippen molar-refractivity contribution < 1.29 is 8.78 Å². The fourth-order valence-corrected chi connectivity index (χ4v) is 2.89. The fraction of sp³-hybridized carbons (Fsp3) is 0.0769. The van der Waals surface area contributed by atoms with Crippen LogP contribution in [0.3, 0.4) is 0 Å². The summed E-state index contributed by atoms with van der Waals surface area (Å²) in [7, 11) is 0. The van der Waals surface area contributed by atoms with E-state index in [2.05, 4.69) is 43.9 Å². The maximum absolute atomic E-state index is 14.1. The van der Waals surface area contributed by atoms with Crippen molar-refractivity contribution in [3.05, 3.63) is 67.2 Å². The quantitative estimate of drug-likeness (QED) is 0.330. The van der Waals surface area contributed by atoms with Gasteiger partial charge in [0.05, 0.1) is 10.5 Å². The third-order valence-corrected chi connectivity index (χ3v) is 4.35. The Labute approximate surface area is 131 Å². The van der Waals surface area contributed by atoms with Gasteiger partial charge in [0, 0.05) is 9.13 Å². The van der Waals surface area contributed by atoms with E-state index in [1.807, 2.05) is 12.1 Å². The van der Waals surface area contributed by atoms with Crippen molar-refractivity contribution in [2.75, 3.05) is 0 Å². The van der Waals surface area contributed by atoms with Crippen LogP contribution < -0.4 is 11.3 Å². The van der Waals surface area contributed by atoms with Crippen molar-refractivity contribution in [1.82, 2.24) is 5.43 Å². The summed E-state index contributed by atoms with van der Waals surface area (Å²) in [6.45, 7) is 0. The van der Waals surface area contributed by atoms with E-state index in [1.54, 1.807) is 12.1 Å². The molecule has 0 aliphatic carbocycles. The molecule has 0 amide bonds. The molecule has 3 N–H and O–H groups in total. The van der Waals surface area contributed by atoms with Gasteiger partial charge < -0.3 is 0 Å². The van der Waals surface area contributed by atoms with Crippen LogP contribution in [0.15, 0.2) is 40.9 Å². The van der Waals surface area contributed by atoms with Crippen molar-refractivity contribution in [3.63, 3.8) is 0 Å². The minimum atomic E-state index is -0.745. The van der Waals surface area contributed by atoms with E-state index in [-0.39, 0.29) is 10.0 Å². The van der Waals surface area contributed by atoms with Crippen LogP contribution in [-0.4, -0.2) is 0 Å². The van der Waals surface area contributed by atoms with E-state index in [4.69, 9.17) is 5.84 Å². The molecule has 0 bridgehead atoms. The molecule has 2 aromatic carbocycles. The lowest BCUT2D eigenvalue weighted by Gasteiger charge is -2.20. The van der Waals surface area contributed by atoms with Crippen molar-refractivity contribution in [3.8, 4) is 0 Å². The number of halogens is 4. The van der Waals surface area contributed by atoms with Crippen LogP contribution in [0.5, 0.6) is 0 Å². The van der Waals surface area contributed by atoms with Crippen molar-refractivity contribution in [2.45, 2.75) is 6.04 Å². The molecular weight excluding hydrogens is 429 g/mol. The lowest BCUT2D eigenvalue weighted by atomic mass is 9.98. The lowest BCUT2D eigenvalue weighted by Crippen LogP contribution is -2.31. The zero-order valence-electron chi connectivity index (χ0n) is 9.63. The molecule has 0 saturated carbocycles. The van der Waals surface area contributed by atoms with Crippen LogP contribution in [0.25, 0.3) is 0 Å². The molecule has 0 radical (unpaired) electrons. The summed E-state index contributed by atoms with van der Waals surface area (Å²) >= 11 is 5.16. The van der Waals surface area contributed by atoms with Crippen LogP contribution in [0.1, 0.15) is 17.2 Å². The van der Waals surface area contributed by atoms with E-state index in [0.717, 1.165) is 9.13 Å². The van der Waals surface area contributed by atoms with Crippen LogP contribution in [0, 0.1) is 15.2 Å². The number of hydrogen-bond donors (Lipinski definition) is 2. The molecular formula is C13H10BrF2IN2. The molecule has 100 valence electrons. The van der Waals surface area contributed by atoms with Gasteiger partial charge in [0.2, 0.25) is 0 Å². The molecule has 2 aromatic rings. The number of nitrogens with two attached hydrogens (primary N) is 1. The molecule has 0 fully saturated rings. The third kappa shape index (κ3) is 2.96. The molecule has 0 spiro atoms. The zero-order valence-corrected chi connectivity index (χ0v) is 13.4. The minimum Gasteiger partial charge on any atom is -0.271 e. The summed E-state index contributed by atoms with van der Waals surface area (Å²) in [5.74, 6) is 4.21. The van der Waals surface area contributed by atoms with Gasteiger partial charge in [0.25, 0.3) is 0 Å². The van der Waals surface area contributed by atoms with Gasteiger partial charge in [-0.05, 0) is 62.3 Å². The van der Waals surface area contributed by atoms with E-state index in [1.165, 1.54) is 12.1 Å². The molecule has 2 nitrogen and oxygen atoms in total. The first-order valence-corrected chi connectivity index (χ1v) is 7.27. The van der Waals surface area contributed by atoms with E-state index >= 15 is 0 Å². The number of hydrazine groups is 1. The molecule has 1 unspecified atom stereocenters.